The molecule has 2 aromatic rings. The summed E-state index contributed by atoms with van der Waals surface area (Å²) >= 11 is 0. The molecular weight excluding hydrogens is 302 g/mol. The lowest BCUT2D eigenvalue weighted by Gasteiger charge is -2.15. The van der Waals surface area contributed by atoms with E-state index in [1.54, 1.807) is 0 Å². The number of benzene rings is 1. The van der Waals surface area contributed by atoms with Crippen LogP contribution in [0.15, 0.2) is 24.3 Å². The molecule has 0 unspecified atom stereocenters. The van der Waals surface area contributed by atoms with Crippen LogP contribution in [0.3, 0.4) is 0 Å². The number of carbonyl (C=O) groups excluding carboxylic acids is 1. The van der Waals surface area contributed by atoms with E-state index in [0.717, 1.165) is 36.6 Å². The molecule has 1 amide bonds. The molecule has 0 saturated heterocycles. The largest absolute Gasteiger partial charge is 0.376 e. The summed E-state index contributed by atoms with van der Waals surface area (Å²) in [6.07, 6.45) is 4.38. The molecule has 0 atom stereocenters. The van der Waals surface area contributed by atoms with Gasteiger partial charge in [-0.3, -0.25) is 9.48 Å². The quantitative estimate of drug-likeness (QED) is 0.918. The van der Waals surface area contributed by atoms with Gasteiger partial charge in [0.15, 0.2) is 5.69 Å². The van der Waals surface area contributed by atoms with E-state index in [1.807, 2.05) is 28.9 Å². The number of anilines is 1. The van der Waals surface area contributed by atoms with Crippen LogP contribution in [0, 0.1) is 5.92 Å². The Morgan fingerprint density at radius 1 is 1.33 bits per heavy atom. The summed E-state index contributed by atoms with van der Waals surface area (Å²) in [5.41, 5.74) is 4.72. The lowest BCUT2D eigenvalue weighted by atomic mass is 10.1. The van der Waals surface area contributed by atoms with E-state index in [9.17, 15) is 4.79 Å². The average Bonchev–Trinajstić information content (AvgIpc) is 3.36. The lowest BCUT2D eigenvalue weighted by molar-refractivity contribution is 0.0984. The molecule has 24 heavy (non-hydrogen) atoms. The van der Waals surface area contributed by atoms with Crippen molar-refractivity contribution in [3.05, 3.63) is 46.8 Å². The summed E-state index contributed by atoms with van der Waals surface area (Å²) in [5.74, 6) is 0.588. The number of fused-ring (bicyclic) bond motifs is 1. The van der Waals surface area contributed by atoms with E-state index in [1.165, 1.54) is 24.1 Å². The number of ether oxygens (including phenoxy) is 1. The Hall–Kier alpha value is -2.14. The molecule has 1 aliphatic carbocycles. The Morgan fingerprint density at radius 3 is 2.83 bits per heavy atom. The topological polar surface area (TPSA) is 56.2 Å². The van der Waals surface area contributed by atoms with Crippen molar-refractivity contribution in [2.24, 2.45) is 5.92 Å². The smallest absolute Gasteiger partial charge is 0.276 e. The SMILES string of the molecule is CCc1ccc(NC(=O)c2nn(CC3CC3)c3c2COCC3)cc1. The minimum Gasteiger partial charge on any atom is -0.376 e. The van der Waals surface area contributed by atoms with Crippen molar-refractivity contribution in [3.8, 4) is 0 Å². The van der Waals surface area contributed by atoms with Crippen molar-refractivity contribution in [2.75, 3.05) is 11.9 Å². The summed E-state index contributed by atoms with van der Waals surface area (Å²) in [5, 5.41) is 7.60. The third-order valence-electron chi connectivity index (χ3n) is 4.86. The van der Waals surface area contributed by atoms with E-state index in [2.05, 4.69) is 17.3 Å². The molecule has 4 rings (SSSR count). The molecule has 2 aliphatic rings. The van der Waals surface area contributed by atoms with Crippen LogP contribution in [0.1, 0.15) is 47.1 Å². The van der Waals surface area contributed by atoms with Gasteiger partial charge in [-0.25, -0.2) is 0 Å². The number of hydrogen-bond donors (Lipinski definition) is 1. The zero-order chi connectivity index (χ0) is 16.5. The molecule has 0 spiro atoms. The van der Waals surface area contributed by atoms with Crippen LogP contribution < -0.4 is 5.32 Å². The second-order valence-electron chi connectivity index (χ2n) is 6.71. The Kier molecular flexibility index (Phi) is 4.10. The Labute approximate surface area is 142 Å². The van der Waals surface area contributed by atoms with Crippen molar-refractivity contribution in [1.82, 2.24) is 9.78 Å². The van der Waals surface area contributed by atoms with Crippen LogP contribution in [0.4, 0.5) is 5.69 Å². The number of hydrogen-bond acceptors (Lipinski definition) is 3. The van der Waals surface area contributed by atoms with Gasteiger partial charge in [-0.2, -0.15) is 5.10 Å². The summed E-state index contributed by atoms with van der Waals surface area (Å²) in [4.78, 5) is 12.7. The molecule has 0 radical (unpaired) electrons. The van der Waals surface area contributed by atoms with Crippen molar-refractivity contribution in [3.63, 3.8) is 0 Å². The number of carbonyl (C=O) groups is 1. The van der Waals surface area contributed by atoms with Gasteiger partial charge in [-0.05, 0) is 42.9 Å². The first-order valence-electron chi connectivity index (χ1n) is 8.81. The van der Waals surface area contributed by atoms with Gasteiger partial charge in [0.25, 0.3) is 5.91 Å². The minimum atomic E-state index is -0.143. The van der Waals surface area contributed by atoms with E-state index in [4.69, 9.17) is 4.74 Å². The van der Waals surface area contributed by atoms with Crippen LogP contribution in [0.2, 0.25) is 0 Å². The first kappa shape index (κ1) is 15.4. The molecule has 1 N–H and O–H groups in total. The molecule has 1 saturated carbocycles. The third kappa shape index (κ3) is 3.08. The summed E-state index contributed by atoms with van der Waals surface area (Å²) < 4.78 is 7.61. The molecular formula is C19H23N3O2. The van der Waals surface area contributed by atoms with E-state index >= 15 is 0 Å². The summed E-state index contributed by atoms with van der Waals surface area (Å²) in [7, 11) is 0. The number of rotatable bonds is 5. The highest BCUT2D eigenvalue weighted by Gasteiger charge is 2.29. The molecule has 0 bridgehead atoms. The maximum absolute atomic E-state index is 12.7. The number of nitrogens with one attached hydrogen (secondary N) is 1. The van der Waals surface area contributed by atoms with Gasteiger partial charge in [0.1, 0.15) is 0 Å². The minimum absolute atomic E-state index is 0.143. The number of aryl methyl sites for hydroxylation is 1. The second kappa shape index (κ2) is 6.40. The van der Waals surface area contributed by atoms with E-state index in [0.29, 0.717) is 18.9 Å². The molecule has 1 aliphatic heterocycles. The van der Waals surface area contributed by atoms with Crippen LogP contribution >= 0.6 is 0 Å². The van der Waals surface area contributed by atoms with Crippen molar-refractivity contribution in [1.29, 1.82) is 0 Å². The summed E-state index contributed by atoms with van der Waals surface area (Å²) in [6.45, 7) is 4.24. The Morgan fingerprint density at radius 2 is 2.12 bits per heavy atom. The van der Waals surface area contributed by atoms with Gasteiger partial charge in [-0.1, -0.05) is 19.1 Å². The molecule has 5 heteroatoms. The highest BCUT2D eigenvalue weighted by atomic mass is 16.5. The van der Waals surface area contributed by atoms with Gasteiger partial charge in [-0.15, -0.1) is 0 Å². The molecule has 1 aromatic carbocycles. The number of nitrogens with zero attached hydrogens (tertiary/aromatic N) is 2. The normalized spacial score (nSPS) is 16.7. The van der Waals surface area contributed by atoms with Crippen LogP contribution in [-0.2, 0) is 30.7 Å². The maximum atomic E-state index is 12.7. The molecule has 2 heterocycles. The Bertz CT molecular complexity index is 745. The predicted octanol–water partition coefficient (Wildman–Crippen LogP) is 3.18. The Balaban J connectivity index is 1.57. The monoisotopic (exact) mass is 325 g/mol. The molecule has 126 valence electrons. The molecule has 1 aromatic heterocycles. The number of amides is 1. The van der Waals surface area contributed by atoms with E-state index < -0.39 is 0 Å². The third-order valence-corrected chi connectivity index (χ3v) is 4.86. The zero-order valence-corrected chi connectivity index (χ0v) is 14.0. The fraction of sp³-hybridized carbons (Fsp3) is 0.474. The first-order chi connectivity index (χ1) is 11.7. The maximum Gasteiger partial charge on any atom is 0.276 e. The van der Waals surface area contributed by atoms with Crippen molar-refractivity contribution < 1.29 is 9.53 Å². The first-order valence-corrected chi connectivity index (χ1v) is 8.81. The van der Waals surface area contributed by atoms with Gasteiger partial charge in [0, 0.05) is 29.9 Å². The van der Waals surface area contributed by atoms with Crippen LogP contribution in [-0.4, -0.2) is 22.3 Å². The van der Waals surface area contributed by atoms with Gasteiger partial charge >= 0.3 is 0 Å². The standard InChI is InChI=1S/C19H23N3O2/c1-2-13-5-7-15(8-6-13)20-19(23)18-16-12-24-10-9-17(16)22(21-18)11-14-3-4-14/h5-8,14H,2-4,9-12H2,1H3,(H,20,23). The van der Waals surface area contributed by atoms with Crippen LogP contribution in [0.5, 0.6) is 0 Å². The predicted molar refractivity (Wildman–Crippen MR) is 92.1 cm³/mol. The van der Waals surface area contributed by atoms with E-state index in [-0.39, 0.29) is 5.91 Å². The van der Waals surface area contributed by atoms with Gasteiger partial charge in [0.2, 0.25) is 0 Å². The average molecular weight is 325 g/mol. The highest BCUT2D eigenvalue weighted by molar-refractivity contribution is 6.04. The zero-order valence-electron chi connectivity index (χ0n) is 14.0. The van der Waals surface area contributed by atoms with Crippen molar-refractivity contribution >= 4 is 11.6 Å². The fourth-order valence-electron chi connectivity index (χ4n) is 3.20. The van der Waals surface area contributed by atoms with Crippen molar-refractivity contribution in [2.45, 2.75) is 45.8 Å². The molecule has 5 nitrogen and oxygen atoms in total. The highest BCUT2D eigenvalue weighted by Crippen LogP contribution is 2.32. The number of aromatic nitrogens is 2. The van der Waals surface area contributed by atoms with Gasteiger partial charge < -0.3 is 10.1 Å². The second-order valence-corrected chi connectivity index (χ2v) is 6.71. The molecule has 1 fully saturated rings. The summed E-state index contributed by atoms with van der Waals surface area (Å²) in [6, 6.07) is 7.97. The van der Waals surface area contributed by atoms with Crippen LogP contribution in [0.25, 0.3) is 0 Å². The van der Waals surface area contributed by atoms with Gasteiger partial charge in [0.05, 0.1) is 13.2 Å². The fourth-order valence-corrected chi connectivity index (χ4v) is 3.20. The lowest BCUT2D eigenvalue weighted by Crippen LogP contribution is -2.17.